The zero-order chi connectivity index (χ0) is 12.1. The molecule has 2 rings (SSSR count). The van der Waals surface area contributed by atoms with E-state index in [4.69, 9.17) is 9.26 Å². The minimum absolute atomic E-state index is 0. The van der Waals surface area contributed by atoms with Crippen LogP contribution in [-0.4, -0.2) is 37.3 Å². The number of carbonyl (C=O) groups is 1. The number of piperidine rings is 1. The quantitative estimate of drug-likeness (QED) is 0.847. The molecule has 0 aromatic carbocycles. The van der Waals surface area contributed by atoms with Gasteiger partial charge in [0.2, 0.25) is 0 Å². The maximum Gasteiger partial charge on any atom is 0.273 e. The van der Waals surface area contributed by atoms with Gasteiger partial charge in [-0.25, -0.2) is 0 Å². The number of aromatic nitrogens is 1. The Morgan fingerprint density at radius 3 is 3.22 bits per heavy atom. The van der Waals surface area contributed by atoms with E-state index in [0.29, 0.717) is 18.1 Å². The number of ether oxygens (including phenoxy) is 1. The molecule has 1 saturated heterocycles. The molecule has 1 aliphatic heterocycles. The number of amides is 1. The minimum atomic E-state index is -0.190. The lowest BCUT2D eigenvalue weighted by Gasteiger charge is -2.23. The van der Waals surface area contributed by atoms with E-state index >= 15 is 0 Å². The summed E-state index contributed by atoms with van der Waals surface area (Å²) in [5, 5.41) is 9.88. The van der Waals surface area contributed by atoms with Gasteiger partial charge in [0.25, 0.3) is 5.91 Å². The fourth-order valence-electron chi connectivity index (χ4n) is 1.86. The normalized spacial score (nSPS) is 19.1. The van der Waals surface area contributed by atoms with E-state index < -0.39 is 0 Å². The van der Waals surface area contributed by atoms with Crippen LogP contribution in [0.4, 0.5) is 0 Å². The van der Waals surface area contributed by atoms with Crippen molar-refractivity contribution in [3.8, 4) is 0 Å². The number of nitrogens with zero attached hydrogens (tertiary/aromatic N) is 1. The molecule has 0 aliphatic carbocycles. The molecular weight excluding hydrogens is 258 g/mol. The first-order valence-electron chi connectivity index (χ1n) is 5.75. The first-order chi connectivity index (χ1) is 8.29. The van der Waals surface area contributed by atoms with E-state index in [-0.39, 0.29) is 24.4 Å². The molecule has 1 atom stereocenters. The summed E-state index contributed by atoms with van der Waals surface area (Å²) in [5.41, 5.74) is 0.308. The zero-order valence-electron chi connectivity index (χ0n) is 10.3. The molecule has 2 heterocycles. The van der Waals surface area contributed by atoms with Gasteiger partial charge < -0.3 is 19.9 Å². The van der Waals surface area contributed by atoms with Crippen molar-refractivity contribution in [3.05, 3.63) is 17.5 Å². The lowest BCUT2D eigenvalue weighted by Crippen LogP contribution is -2.45. The lowest BCUT2D eigenvalue weighted by molar-refractivity contribution is 0.0920. The summed E-state index contributed by atoms with van der Waals surface area (Å²) in [6.07, 6.45) is 2.08. The highest BCUT2D eigenvalue weighted by Gasteiger charge is 2.18. The molecule has 7 heteroatoms. The minimum Gasteiger partial charge on any atom is -0.377 e. The Bertz CT molecular complexity index is 377. The summed E-state index contributed by atoms with van der Waals surface area (Å²) in [6.45, 7) is 2.16. The van der Waals surface area contributed by atoms with Gasteiger partial charge in [0.15, 0.2) is 11.5 Å². The van der Waals surface area contributed by atoms with Crippen LogP contribution in [0.2, 0.25) is 0 Å². The molecule has 1 aliphatic rings. The van der Waals surface area contributed by atoms with Crippen LogP contribution in [0.3, 0.4) is 0 Å². The number of hydrogen-bond acceptors (Lipinski definition) is 5. The van der Waals surface area contributed by atoms with Gasteiger partial charge in [-0.3, -0.25) is 4.79 Å². The molecule has 0 spiro atoms. The lowest BCUT2D eigenvalue weighted by atomic mass is 10.1. The Morgan fingerprint density at radius 1 is 1.72 bits per heavy atom. The topological polar surface area (TPSA) is 76.4 Å². The van der Waals surface area contributed by atoms with Crippen molar-refractivity contribution in [2.45, 2.75) is 25.5 Å². The Kier molecular flexibility index (Phi) is 6.11. The third-order valence-electron chi connectivity index (χ3n) is 2.71. The van der Waals surface area contributed by atoms with Crippen LogP contribution in [-0.2, 0) is 11.3 Å². The number of carbonyl (C=O) groups excluding carboxylic acids is 1. The van der Waals surface area contributed by atoms with Crippen LogP contribution in [0, 0.1) is 0 Å². The van der Waals surface area contributed by atoms with Crippen LogP contribution >= 0.6 is 12.4 Å². The third kappa shape index (κ3) is 3.97. The predicted molar refractivity (Wildman–Crippen MR) is 67.8 cm³/mol. The fraction of sp³-hybridized carbons (Fsp3) is 0.636. The number of halogens is 1. The molecule has 1 aromatic rings. The van der Waals surface area contributed by atoms with E-state index in [1.165, 1.54) is 0 Å². The van der Waals surface area contributed by atoms with Crippen LogP contribution in [0.25, 0.3) is 0 Å². The van der Waals surface area contributed by atoms with Crippen molar-refractivity contribution >= 4 is 18.3 Å². The second-order valence-electron chi connectivity index (χ2n) is 4.13. The summed E-state index contributed by atoms with van der Waals surface area (Å²) in [4.78, 5) is 11.8. The number of hydrogen-bond donors (Lipinski definition) is 2. The fourth-order valence-corrected chi connectivity index (χ4v) is 1.86. The Morgan fingerprint density at radius 2 is 2.56 bits per heavy atom. The van der Waals surface area contributed by atoms with Crippen molar-refractivity contribution in [3.63, 3.8) is 0 Å². The molecule has 2 N–H and O–H groups in total. The Labute approximate surface area is 112 Å². The highest BCUT2D eigenvalue weighted by Crippen LogP contribution is 2.07. The van der Waals surface area contributed by atoms with E-state index in [1.54, 1.807) is 13.2 Å². The molecule has 1 unspecified atom stereocenters. The van der Waals surface area contributed by atoms with E-state index in [2.05, 4.69) is 15.8 Å². The molecule has 18 heavy (non-hydrogen) atoms. The van der Waals surface area contributed by atoms with Crippen molar-refractivity contribution in [2.75, 3.05) is 20.2 Å². The SMILES string of the molecule is COCc1cc(C(=O)NC2CCCNC2)no1.Cl. The number of nitrogens with one attached hydrogen (secondary N) is 2. The molecule has 0 saturated carbocycles. The highest BCUT2D eigenvalue weighted by atomic mass is 35.5. The second-order valence-corrected chi connectivity index (χ2v) is 4.13. The van der Waals surface area contributed by atoms with Crippen molar-refractivity contribution in [2.24, 2.45) is 0 Å². The van der Waals surface area contributed by atoms with Gasteiger partial charge in [0.1, 0.15) is 6.61 Å². The van der Waals surface area contributed by atoms with Gasteiger partial charge in [-0.05, 0) is 19.4 Å². The summed E-state index contributed by atoms with van der Waals surface area (Å²) in [6, 6.07) is 1.79. The van der Waals surface area contributed by atoms with Crippen LogP contribution in [0.1, 0.15) is 29.1 Å². The van der Waals surface area contributed by atoms with Crippen molar-refractivity contribution in [1.82, 2.24) is 15.8 Å². The molecule has 6 nitrogen and oxygen atoms in total. The van der Waals surface area contributed by atoms with Crippen molar-refractivity contribution in [1.29, 1.82) is 0 Å². The molecule has 0 radical (unpaired) electrons. The molecule has 102 valence electrons. The standard InChI is InChI=1S/C11H17N3O3.ClH/c1-16-7-9-5-10(14-17-9)11(15)13-8-3-2-4-12-6-8;/h5,8,12H,2-4,6-7H2,1H3,(H,13,15);1H. The maximum atomic E-state index is 11.8. The van der Waals surface area contributed by atoms with E-state index in [0.717, 1.165) is 25.9 Å². The van der Waals surface area contributed by atoms with Gasteiger partial charge in [-0.15, -0.1) is 12.4 Å². The van der Waals surface area contributed by atoms with Crippen LogP contribution in [0.15, 0.2) is 10.6 Å². The second kappa shape index (κ2) is 7.35. The third-order valence-corrected chi connectivity index (χ3v) is 2.71. The zero-order valence-corrected chi connectivity index (χ0v) is 11.1. The summed E-state index contributed by atoms with van der Waals surface area (Å²) in [7, 11) is 1.57. The summed E-state index contributed by atoms with van der Waals surface area (Å²) in [5.74, 6) is 0.365. The van der Waals surface area contributed by atoms with Gasteiger partial charge >= 0.3 is 0 Å². The van der Waals surface area contributed by atoms with E-state index in [1.807, 2.05) is 0 Å². The Balaban J connectivity index is 0.00000162. The first-order valence-corrected chi connectivity index (χ1v) is 5.75. The number of methoxy groups -OCH3 is 1. The van der Waals surface area contributed by atoms with E-state index in [9.17, 15) is 4.79 Å². The molecule has 1 aromatic heterocycles. The highest BCUT2D eigenvalue weighted by molar-refractivity contribution is 5.92. The average Bonchev–Trinajstić information content (AvgIpc) is 2.79. The average molecular weight is 276 g/mol. The molecule has 1 amide bonds. The maximum absolute atomic E-state index is 11.8. The summed E-state index contributed by atoms with van der Waals surface area (Å²) >= 11 is 0. The van der Waals surface area contributed by atoms with Crippen LogP contribution < -0.4 is 10.6 Å². The van der Waals surface area contributed by atoms with Crippen molar-refractivity contribution < 1.29 is 14.1 Å². The first kappa shape index (κ1) is 14.9. The monoisotopic (exact) mass is 275 g/mol. The molecule has 1 fully saturated rings. The van der Waals surface area contributed by atoms with Gasteiger partial charge in [0, 0.05) is 25.8 Å². The molecular formula is C11H18ClN3O3. The Hall–Kier alpha value is -1.11. The van der Waals surface area contributed by atoms with Gasteiger partial charge in [0.05, 0.1) is 0 Å². The van der Waals surface area contributed by atoms with Gasteiger partial charge in [-0.1, -0.05) is 5.16 Å². The largest absolute Gasteiger partial charge is 0.377 e. The smallest absolute Gasteiger partial charge is 0.273 e. The number of rotatable bonds is 4. The molecule has 0 bridgehead atoms. The van der Waals surface area contributed by atoms with Gasteiger partial charge in [-0.2, -0.15) is 0 Å². The van der Waals surface area contributed by atoms with Crippen LogP contribution in [0.5, 0.6) is 0 Å². The summed E-state index contributed by atoms with van der Waals surface area (Å²) < 4.78 is 9.86. The predicted octanol–water partition coefficient (Wildman–Crippen LogP) is 0.725.